The smallest absolute Gasteiger partial charge is 0.295 e. The van der Waals surface area contributed by atoms with Gasteiger partial charge in [-0.25, -0.2) is 0 Å². The van der Waals surface area contributed by atoms with Crippen molar-refractivity contribution >= 4 is 11.6 Å². The van der Waals surface area contributed by atoms with Gasteiger partial charge in [-0.1, -0.05) is 24.3 Å². The fraction of sp³-hybridized carbons (Fsp3) is 0.273. The van der Waals surface area contributed by atoms with Gasteiger partial charge in [0.05, 0.1) is 0 Å². The van der Waals surface area contributed by atoms with Crippen LogP contribution in [0.3, 0.4) is 0 Å². The lowest BCUT2D eigenvalue weighted by Crippen LogP contribution is -2.40. The monoisotopic (exact) mass is 238 g/mol. The molecule has 0 aliphatic heterocycles. The third kappa shape index (κ3) is 2.40. The van der Waals surface area contributed by atoms with Gasteiger partial charge in [0.15, 0.2) is 0 Å². The molecule has 17 heavy (non-hydrogen) atoms. The molecule has 1 aromatic rings. The number of ketones is 2. The molecule has 1 aliphatic rings. The van der Waals surface area contributed by atoms with Crippen molar-refractivity contribution in [2.24, 2.45) is 11.5 Å². The van der Waals surface area contributed by atoms with Gasteiger partial charge in [0, 0.05) is 24.2 Å². The summed E-state index contributed by atoms with van der Waals surface area (Å²) in [4.78, 5) is 22.4. The summed E-state index contributed by atoms with van der Waals surface area (Å²) in [6, 6.07) is 5.91. The molecule has 0 heterocycles. The quantitative estimate of drug-likeness (QED) is 0.354. The minimum atomic E-state index is -2.86. The lowest BCUT2D eigenvalue weighted by Gasteiger charge is -2.08. The van der Waals surface area contributed by atoms with Gasteiger partial charge < -0.3 is 21.7 Å². The molecule has 92 valence electrons. The molecule has 6 nitrogen and oxygen atoms in total. The Kier molecular flexibility index (Phi) is 4.08. The molecule has 2 rings (SSSR count). The van der Waals surface area contributed by atoms with Crippen molar-refractivity contribution in [3.63, 3.8) is 0 Å². The predicted molar refractivity (Wildman–Crippen MR) is 60.4 cm³/mol. The summed E-state index contributed by atoms with van der Waals surface area (Å²) in [5.41, 5.74) is 9.94. The van der Waals surface area contributed by atoms with Crippen LogP contribution in [0.25, 0.3) is 0 Å². The predicted octanol–water partition coefficient (Wildman–Crippen LogP) is -1.35. The molecule has 0 aromatic heterocycles. The molecule has 0 bridgehead atoms. The largest absolute Gasteiger partial charge is 0.353 e. The highest BCUT2D eigenvalue weighted by Gasteiger charge is 2.50. The number of nitrogens with two attached hydrogens (primary N) is 2. The highest BCUT2D eigenvalue weighted by molar-refractivity contribution is 6.30. The average molecular weight is 238 g/mol. The first kappa shape index (κ1) is 13.5. The van der Waals surface area contributed by atoms with Crippen LogP contribution in [-0.2, 0) is 0 Å². The number of carbonyl (C=O) groups is 2. The molecule has 0 radical (unpaired) electrons. The van der Waals surface area contributed by atoms with Crippen LogP contribution in [0.5, 0.6) is 0 Å². The van der Waals surface area contributed by atoms with Gasteiger partial charge in [-0.05, 0) is 0 Å². The highest BCUT2D eigenvalue weighted by Crippen LogP contribution is 2.27. The van der Waals surface area contributed by atoms with E-state index in [0.717, 1.165) is 0 Å². The summed E-state index contributed by atoms with van der Waals surface area (Å²) in [5, 5.41) is 18.2. The Labute approximate surface area is 97.8 Å². The van der Waals surface area contributed by atoms with Crippen molar-refractivity contribution in [1.29, 1.82) is 0 Å². The number of aliphatic hydroxyl groups is 2. The first-order valence-electron chi connectivity index (χ1n) is 5.00. The van der Waals surface area contributed by atoms with Crippen molar-refractivity contribution in [2.75, 3.05) is 13.1 Å². The Balaban J connectivity index is 0.000000317. The molecule has 6 N–H and O–H groups in total. The van der Waals surface area contributed by atoms with Gasteiger partial charge in [-0.2, -0.15) is 0 Å². The zero-order valence-electron chi connectivity index (χ0n) is 9.09. The Morgan fingerprint density at radius 2 is 1.29 bits per heavy atom. The first-order chi connectivity index (χ1) is 7.96. The van der Waals surface area contributed by atoms with Crippen molar-refractivity contribution in [3.8, 4) is 0 Å². The molecule has 1 aliphatic carbocycles. The second-order valence-corrected chi connectivity index (χ2v) is 3.45. The van der Waals surface area contributed by atoms with Gasteiger partial charge in [0.1, 0.15) is 0 Å². The summed E-state index contributed by atoms with van der Waals surface area (Å²) in [5.74, 6) is -4.76. The standard InChI is InChI=1S/C9H6O4.C2H8N2/c10-7-5-3-1-2-4-6(5)8(11)9(7,12)13;3-1-2-4/h1-4,12-13H;1-4H2. The van der Waals surface area contributed by atoms with Gasteiger partial charge >= 0.3 is 0 Å². The van der Waals surface area contributed by atoms with Crippen molar-refractivity contribution in [3.05, 3.63) is 35.4 Å². The third-order valence-corrected chi connectivity index (χ3v) is 2.22. The summed E-state index contributed by atoms with van der Waals surface area (Å²) in [7, 11) is 0. The summed E-state index contributed by atoms with van der Waals surface area (Å²) >= 11 is 0. The molecule has 0 saturated heterocycles. The van der Waals surface area contributed by atoms with Crippen molar-refractivity contribution in [1.82, 2.24) is 0 Å². The molecular formula is C11H14N2O4. The molecule has 0 atom stereocenters. The van der Waals surface area contributed by atoms with Crippen LogP contribution in [0, 0.1) is 0 Å². The van der Waals surface area contributed by atoms with E-state index in [1.165, 1.54) is 12.1 Å². The maximum absolute atomic E-state index is 11.2. The van der Waals surface area contributed by atoms with E-state index in [0.29, 0.717) is 13.1 Å². The number of hydrogen-bond acceptors (Lipinski definition) is 6. The summed E-state index contributed by atoms with van der Waals surface area (Å²) in [6.07, 6.45) is 0. The minimum absolute atomic E-state index is 0.0671. The number of Topliss-reactive ketones (excluding diaryl/α,β-unsaturated/α-hetero) is 2. The van der Waals surface area contributed by atoms with Crippen LogP contribution in [0.2, 0.25) is 0 Å². The minimum Gasteiger partial charge on any atom is -0.353 e. The molecular weight excluding hydrogens is 224 g/mol. The van der Waals surface area contributed by atoms with E-state index in [9.17, 15) is 9.59 Å². The molecule has 0 spiro atoms. The van der Waals surface area contributed by atoms with Crippen LogP contribution < -0.4 is 11.5 Å². The molecule has 0 amide bonds. The van der Waals surface area contributed by atoms with E-state index in [1.807, 2.05) is 0 Å². The number of carbonyl (C=O) groups excluding carboxylic acids is 2. The van der Waals surface area contributed by atoms with Crippen LogP contribution in [0.1, 0.15) is 20.7 Å². The molecule has 1 aromatic carbocycles. The summed E-state index contributed by atoms with van der Waals surface area (Å²) < 4.78 is 0. The Morgan fingerprint density at radius 3 is 1.59 bits per heavy atom. The maximum Gasteiger partial charge on any atom is 0.295 e. The topological polar surface area (TPSA) is 127 Å². The van der Waals surface area contributed by atoms with Crippen LogP contribution >= 0.6 is 0 Å². The van der Waals surface area contributed by atoms with Gasteiger partial charge in [-0.15, -0.1) is 0 Å². The SMILES string of the molecule is NCCN.O=C1c2ccccc2C(=O)C1(O)O. The fourth-order valence-corrected chi connectivity index (χ4v) is 1.36. The van der Waals surface area contributed by atoms with Crippen LogP contribution in [0.4, 0.5) is 0 Å². The fourth-order valence-electron chi connectivity index (χ4n) is 1.36. The first-order valence-corrected chi connectivity index (χ1v) is 5.00. The van der Waals surface area contributed by atoms with E-state index >= 15 is 0 Å². The number of benzene rings is 1. The van der Waals surface area contributed by atoms with E-state index in [1.54, 1.807) is 12.1 Å². The molecule has 0 unspecified atom stereocenters. The van der Waals surface area contributed by atoms with E-state index in [4.69, 9.17) is 21.7 Å². The van der Waals surface area contributed by atoms with Crippen molar-refractivity contribution < 1.29 is 19.8 Å². The average Bonchev–Trinajstić information content (AvgIpc) is 2.52. The molecule has 0 saturated carbocycles. The zero-order valence-corrected chi connectivity index (χ0v) is 9.09. The maximum atomic E-state index is 11.2. The van der Waals surface area contributed by atoms with E-state index in [-0.39, 0.29) is 11.1 Å². The third-order valence-electron chi connectivity index (χ3n) is 2.22. The normalized spacial score (nSPS) is 16.2. The number of rotatable bonds is 1. The van der Waals surface area contributed by atoms with Crippen LogP contribution in [-0.4, -0.2) is 40.7 Å². The van der Waals surface area contributed by atoms with E-state index < -0.39 is 17.4 Å². The number of hydrogen-bond donors (Lipinski definition) is 4. The Morgan fingerprint density at radius 1 is 0.941 bits per heavy atom. The van der Waals surface area contributed by atoms with Gasteiger partial charge in [0.25, 0.3) is 5.79 Å². The van der Waals surface area contributed by atoms with Crippen molar-refractivity contribution in [2.45, 2.75) is 5.79 Å². The molecule has 6 heteroatoms. The number of fused-ring (bicyclic) bond motifs is 1. The zero-order chi connectivity index (χ0) is 13.1. The second kappa shape index (κ2) is 5.15. The summed E-state index contributed by atoms with van der Waals surface area (Å²) in [6.45, 7) is 1.19. The van der Waals surface area contributed by atoms with Crippen LogP contribution in [0.15, 0.2) is 24.3 Å². The lowest BCUT2D eigenvalue weighted by molar-refractivity contribution is -0.0857. The lowest BCUT2D eigenvalue weighted by atomic mass is 10.1. The Bertz CT molecular complexity index is 404. The van der Waals surface area contributed by atoms with Gasteiger partial charge in [0.2, 0.25) is 11.6 Å². The van der Waals surface area contributed by atoms with Gasteiger partial charge in [-0.3, -0.25) is 9.59 Å². The molecule has 0 fully saturated rings. The van der Waals surface area contributed by atoms with E-state index in [2.05, 4.69) is 0 Å². The Hall–Kier alpha value is -1.60. The highest BCUT2D eigenvalue weighted by atomic mass is 16.5. The second-order valence-electron chi connectivity index (χ2n) is 3.45.